The van der Waals surface area contributed by atoms with E-state index in [-0.39, 0.29) is 54.6 Å². The number of rotatable bonds is 7. The molecule has 272 valence electrons. The number of carbonyl (C=O) groups excluding carboxylic acids is 2. The van der Waals surface area contributed by atoms with Crippen molar-refractivity contribution in [2.75, 3.05) is 46.9 Å². The lowest BCUT2D eigenvalue weighted by Gasteiger charge is -2.62. The number of fused-ring (bicyclic) bond motifs is 2. The van der Waals surface area contributed by atoms with E-state index in [1.807, 2.05) is 16.8 Å². The Morgan fingerprint density at radius 3 is 2.62 bits per heavy atom. The predicted molar refractivity (Wildman–Crippen MR) is 189 cm³/mol. The molecule has 10 nitrogen and oxygen atoms in total. The smallest absolute Gasteiger partial charge is 0.254 e. The number of amides is 2. The monoisotopic (exact) mass is 689 g/mol. The van der Waals surface area contributed by atoms with Crippen LogP contribution in [0.2, 0.25) is 0 Å². The van der Waals surface area contributed by atoms with Gasteiger partial charge in [0.1, 0.15) is 5.82 Å². The number of likely N-dealkylation sites (N-methyl/N-ethyl adjacent to an activating group) is 2. The fraction of sp³-hybridized carbons (Fsp3) is 0.718. The summed E-state index contributed by atoms with van der Waals surface area (Å²) in [7, 11) is 4.09. The van der Waals surface area contributed by atoms with E-state index in [2.05, 4.69) is 39.7 Å². The summed E-state index contributed by atoms with van der Waals surface area (Å²) in [4.78, 5) is 38.1. The minimum absolute atomic E-state index is 0.0351. The first kappa shape index (κ1) is 35.5. The Balaban J connectivity index is 1.25. The van der Waals surface area contributed by atoms with Crippen molar-refractivity contribution in [3.63, 3.8) is 0 Å². The summed E-state index contributed by atoms with van der Waals surface area (Å²) >= 11 is 0. The van der Waals surface area contributed by atoms with E-state index in [9.17, 15) is 14.9 Å². The normalized spacial score (nSPS) is 34.6. The molecule has 1 spiro atoms. The molecule has 2 amide bonds. The van der Waals surface area contributed by atoms with Crippen molar-refractivity contribution < 1.29 is 18.7 Å². The number of hydrogen-bond donors (Lipinski definition) is 1. The maximum absolute atomic E-state index is 15.3. The average molecular weight is 690 g/mol. The highest BCUT2D eigenvalue weighted by molar-refractivity contribution is 5.97. The summed E-state index contributed by atoms with van der Waals surface area (Å²) in [5.74, 6) is -0.284. The Morgan fingerprint density at radius 2 is 1.90 bits per heavy atom. The van der Waals surface area contributed by atoms with Gasteiger partial charge in [-0.2, -0.15) is 5.26 Å². The van der Waals surface area contributed by atoms with Crippen LogP contribution in [0, 0.1) is 23.1 Å². The molecule has 2 aliphatic carbocycles. The van der Waals surface area contributed by atoms with Crippen molar-refractivity contribution in [2.24, 2.45) is 5.92 Å². The molecule has 5 fully saturated rings. The first-order valence-electron chi connectivity index (χ1n) is 19.2. The number of nitriles is 1. The van der Waals surface area contributed by atoms with Gasteiger partial charge in [0, 0.05) is 67.4 Å². The first-order chi connectivity index (χ1) is 24.2. The Morgan fingerprint density at radius 1 is 1.10 bits per heavy atom. The van der Waals surface area contributed by atoms with Gasteiger partial charge in [-0.3, -0.25) is 19.8 Å². The minimum atomic E-state index is -0.496. The van der Waals surface area contributed by atoms with Gasteiger partial charge in [0.25, 0.3) is 5.91 Å². The first-order valence-corrected chi connectivity index (χ1v) is 19.2. The van der Waals surface area contributed by atoms with Crippen molar-refractivity contribution in [1.29, 1.82) is 5.26 Å². The largest absolute Gasteiger partial charge is 0.348 e. The van der Waals surface area contributed by atoms with E-state index in [0.717, 1.165) is 38.6 Å². The zero-order valence-electron chi connectivity index (χ0n) is 30.1. The average Bonchev–Trinajstić information content (AvgIpc) is 3.35. The number of nitrogens with one attached hydrogen (secondary N) is 1. The number of ether oxygens (including phenoxy) is 1. The van der Waals surface area contributed by atoms with Crippen molar-refractivity contribution in [3.05, 3.63) is 47.8 Å². The maximum Gasteiger partial charge on any atom is 0.254 e. The summed E-state index contributed by atoms with van der Waals surface area (Å²) in [5.41, 5.74) is 0.525. The zero-order chi connectivity index (χ0) is 35.0. The number of benzene rings is 1. The van der Waals surface area contributed by atoms with E-state index < -0.39 is 5.54 Å². The summed E-state index contributed by atoms with van der Waals surface area (Å²) < 4.78 is 22.4. The van der Waals surface area contributed by atoms with Gasteiger partial charge in [-0.25, -0.2) is 9.29 Å². The lowest BCUT2D eigenvalue weighted by atomic mass is 9.66. The lowest BCUT2D eigenvalue weighted by molar-refractivity contribution is -0.218. The standard InChI is InChI=1S/C39H56FN7O3/c1-4-35(48)46-22-21-45(25-28(46)17-19-41)36-31-16-18-39(23-32-30(37(49)44(39)3)14-9-15-33(32)40)24-34(31)42-38(50-26-29-13-10-20-43(29)2)47(36)27-11-7-5-6-8-12-27/h4,9,14-15,27-29,31,34,36,38,42H,1,5-8,10-13,16-18,20-26H2,2-3H3/t28-,29-,31?,34?,36?,38?,39-/m1/s1. The van der Waals surface area contributed by atoms with E-state index in [1.165, 1.54) is 44.2 Å². The highest BCUT2D eigenvalue weighted by atomic mass is 19.1. The highest BCUT2D eigenvalue weighted by Crippen LogP contribution is 2.48. The quantitative estimate of drug-likeness (QED) is 0.334. The van der Waals surface area contributed by atoms with Gasteiger partial charge in [0.05, 0.1) is 31.3 Å². The van der Waals surface area contributed by atoms with Crippen molar-refractivity contribution >= 4 is 11.8 Å². The molecule has 0 radical (unpaired) electrons. The van der Waals surface area contributed by atoms with Gasteiger partial charge < -0.3 is 19.4 Å². The molecule has 4 aliphatic heterocycles. The van der Waals surface area contributed by atoms with Crippen LogP contribution in [0.15, 0.2) is 30.9 Å². The van der Waals surface area contributed by atoms with Gasteiger partial charge in [0.15, 0.2) is 6.35 Å². The van der Waals surface area contributed by atoms with Crippen LogP contribution in [0.25, 0.3) is 0 Å². The predicted octanol–water partition coefficient (Wildman–Crippen LogP) is 4.32. The van der Waals surface area contributed by atoms with Crippen LogP contribution in [0.4, 0.5) is 4.39 Å². The summed E-state index contributed by atoms with van der Waals surface area (Å²) in [6.07, 6.45) is 13.7. The van der Waals surface area contributed by atoms with E-state index in [0.29, 0.717) is 62.3 Å². The van der Waals surface area contributed by atoms with Crippen molar-refractivity contribution in [1.82, 2.24) is 29.8 Å². The molecule has 1 aromatic rings. The summed E-state index contributed by atoms with van der Waals surface area (Å²) in [6, 6.07) is 7.77. The van der Waals surface area contributed by atoms with Gasteiger partial charge in [-0.1, -0.05) is 38.3 Å². The third kappa shape index (κ3) is 6.63. The SMILES string of the molecule is C=CC(=O)N1CCN(C2C3CC[C@@]4(Cc5c(F)cccc5C(=O)N4C)CC3NC(OC[C@H]3CCCN3C)N2C2CCCCCC2)C[C@H]1CC#N. The van der Waals surface area contributed by atoms with Crippen molar-refractivity contribution in [2.45, 2.75) is 126 Å². The summed E-state index contributed by atoms with van der Waals surface area (Å²) in [5, 5.41) is 13.9. The van der Waals surface area contributed by atoms with E-state index in [4.69, 9.17) is 4.74 Å². The van der Waals surface area contributed by atoms with Crippen LogP contribution in [0.5, 0.6) is 0 Å². The molecule has 1 aromatic carbocycles. The third-order valence-electron chi connectivity index (χ3n) is 13.3. The molecule has 1 N–H and O–H groups in total. The molecule has 0 bridgehead atoms. The molecular weight excluding hydrogens is 633 g/mol. The van der Waals surface area contributed by atoms with Crippen LogP contribution in [-0.4, -0.2) is 125 Å². The van der Waals surface area contributed by atoms with Crippen LogP contribution < -0.4 is 5.32 Å². The van der Waals surface area contributed by atoms with Gasteiger partial charge in [-0.05, 0) is 83.2 Å². The second-order valence-corrected chi connectivity index (χ2v) is 15.9. The lowest BCUT2D eigenvalue weighted by Crippen LogP contribution is -2.76. The second kappa shape index (κ2) is 15.0. The molecule has 50 heavy (non-hydrogen) atoms. The fourth-order valence-electron chi connectivity index (χ4n) is 10.5. The number of piperazine rings is 1. The third-order valence-corrected chi connectivity index (χ3v) is 13.3. The number of hydrogen-bond acceptors (Lipinski definition) is 8. The van der Waals surface area contributed by atoms with E-state index >= 15 is 4.39 Å². The molecule has 7 atom stereocenters. The van der Waals surface area contributed by atoms with Gasteiger partial charge in [0.2, 0.25) is 5.91 Å². The van der Waals surface area contributed by atoms with Crippen LogP contribution in [-0.2, 0) is 16.0 Å². The number of halogens is 1. The molecule has 0 aromatic heterocycles. The molecular formula is C39H56FN7O3. The molecule has 3 saturated heterocycles. The van der Waals surface area contributed by atoms with E-state index in [1.54, 1.807) is 12.1 Å². The fourth-order valence-corrected chi connectivity index (χ4v) is 10.5. The molecule has 4 unspecified atom stereocenters. The summed E-state index contributed by atoms with van der Waals surface area (Å²) in [6.45, 7) is 7.34. The van der Waals surface area contributed by atoms with Gasteiger partial charge >= 0.3 is 0 Å². The Kier molecular flexibility index (Phi) is 10.7. The number of nitrogens with zero attached hydrogens (tertiary/aromatic N) is 6. The van der Waals surface area contributed by atoms with Crippen LogP contribution in [0.1, 0.15) is 93.0 Å². The molecule has 2 saturated carbocycles. The zero-order valence-corrected chi connectivity index (χ0v) is 30.1. The minimum Gasteiger partial charge on any atom is -0.348 e. The molecule has 4 heterocycles. The Hall–Kier alpha value is -2.88. The second-order valence-electron chi connectivity index (χ2n) is 15.9. The van der Waals surface area contributed by atoms with Crippen molar-refractivity contribution in [3.8, 4) is 6.07 Å². The molecule has 11 heteroatoms. The highest BCUT2D eigenvalue weighted by Gasteiger charge is 2.56. The van der Waals surface area contributed by atoms with Crippen LogP contribution >= 0.6 is 0 Å². The topological polar surface area (TPSA) is 95.4 Å². The Labute approximate surface area is 297 Å². The number of carbonyl (C=O) groups is 2. The Bertz CT molecular complexity index is 1460. The van der Waals surface area contributed by atoms with Crippen LogP contribution in [0.3, 0.4) is 0 Å². The van der Waals surface area contributed by atoms with Gasteiger partial charge in [-0.15, -0.1) is 0 Å². The number of likely N-dealkylation sites (tertiary alicyclic amines) is 1. The molecule has 7 rings (SSSR count). The maximum atomic E-state index is 15.3. The molecule has 6 aliphatic rings.